The van der Waals surface area contributed by atoms with Crippen LogP contribution in [0, 0.1) is 5.41 Å². The lowest BCUT2D eigenvalue weighted by Crippen LogP contribution is -2.20. The molecular formula is C20H24F3NS. The molecule has 1 aromatic heterocycles. The number of thiophene rings is 1. The van der Waals surface area contributed by atoms with Gasteiger partial charge in [0.15, 0.2) is 0 Å². The number of hydrogen-bond donors (Lipinski definition) is 1. The summed E-state index contributed by atoms with van der Waals surface area (Å²) in [5.74, 6) is 0. The number of fused-ring (bicyclic) bond motifs is 1. The molecule has 3 rings (SSSR count). The quantitative estimate of drug-likeness (QED) is 0.677. The van der Waals surface area contributed by atoms with Crippen LogP contribution in [0.3, 0.4) is 0 Å². The molecule has 0 fully saturated rings. The molecule has 5 heteroatoms. The predicted octanol–water partition coefficient (Wildman–Crippen LogP) is 5.61. The smallest absolute Gasteiger partial charge is 0.312 e. The molecule has 0 atom stereocenters. The van der Waals surface area contributed by atoms with Crippen molar-refractivity contribution in [2.75, 3.05) is 6.54 Å². The standard InChI is InChI=1S/C20H24F3NS/c1-19(2)8-6-15-11-17(25-18(15)12-19)13-24-9-7-14-4-3-5-16(10-14)20(21,22)23/h3-5,10-11,24H,6-9,12-13H2,1-2H3. The molecule has 0 saturated heterocycles. The largest absolute Gasteiger partial charge is 0.416 e. The van der Waals surface area contributed by atoms with Crippen molar-refractivity contribution in [1.82, 2.24) is 5.32 Å². The first-order chi connectivity index (χ1) is 11.7. The Morgan fingerprint density at radius 2 is 2.00 bits per heavy atom. The van der Waals surface area contributed by atoms with E-state index in [9.17, 15) is 13.2 Å². The Bertz CT molecular complexity index is 731. The minimum absolute atomic E-state index is 0.395. The summed E-state index contributed by atoms with van der Waals surface area (Å²) in [4.78, 5) is 2.83. The molecule has 0 saturated carbocycles. The second kappa shape index (κ2) is 7.12. The molecule has 1 aliphatic rings. The van der Waals surface area contributed by atoms with Crippen LogP contribution in [0.25, 0.3) is 0 Å². The Hall–Kier alpha value is -1.33. The first-order valence-electron chi connectivity index (χ1n) is 8.70. The maximum atomic E-state index is 12.7. The topological polar surface area (TPSA) is 12.0 Å². The van der Waals surface area contributed by atoms with Gasteiger partial charge in [-0.15, -0.1) is 11.3 Å². The average molecular weight is 367 g/mol. The zero-order chi connectivity index (χ0) is 18.1. The number of halogens is 3. The molecule has 136 valence electrons. The van der Waals surface area contributed by atoms with E-state index in [-0.39, 0.29) is 0 Å². The highest BCUT2D eigenvalue weighted by Gasteiger charge is 2.30. The molecule has 0 aliphatic heterocycles. The number of nitrogens with one attached hydrogen (secondary N) is 1. The predicted molar refractivity (Wildman–Crippen MR) is 97.0 cm³/mol. The molecule has 2 aromatic rings. The van der Waals surface area contributed by atoms with Gasteiger partial charge in [-0.1, -0.05) is 32.0 Å². The highest BCUT2D eigenvalue weighted by atomic mass is 32.1. The number of rotatable bonds is 5. The van der Waals surface area contributed by atoms with E-state index in [2.05, 4.69) is 25.2 Å². The van der Waals surface area contributed by atoms with Crippen LogP contribution >= 0.6 is 11.3 Å². The Kier molecular flexibility index (Phi) is 5.26. The summed E-state index contributed by atoms with van der Waals surface area (Å²) < 4.78 is 38.2. The lowest BCUT2D eigenvalue weighted by atomic mass is 9.78. The number of alkyl halides is 3. The Balaban J connectivity index is 1.50. The van der Waals surface area contributed by atoms with Gasteiger partial charge in [0.05, 0.1) is 5.56 Å². The van der Waals surface area contributed by atoms with E-state index in [1.54, 1.807) is 6.07 Å². The van der Waals surface area contributed by atoms with Crippen LogP contribution in [0.1, 0.15) is 46.7 Å². The normalized spacial score (nSPS) is 16.7. The molecule has 25 heavy (non-hydrogen) atoms. The minimum atomic E-state index is -4.27. The molecule has 1 heterocycles. The summed E-state index contributed by atoms with van der Waals surface area (Å²) in [6.45, 7) is 6.11. The van der Waals surface area contributed by atoms with Crippen LogP contribution in [0.2, 0.25) is 0 Å². The molecular weight excluding hydrogens is 343 g/mol. The van der Waals surface area contributed by atoms with E-state index in [1.807, 2.05) is 11.3 Å². The minimum Gasteiger partial charge on any atom is -0.312 e. The first kappa shape index (κ1) is 18.5. The third-order valence-electron chi connectivity index (χ3n) is 4.80. The maximum absolute atomic E-state index is 12.7. The van der Waals surface area contributed by atoms with Crippen molar-refractivity contribution < 1.29 is 13.2 Å². The monoisotopic (exact) mass is 367 g/mol. The highest BCUT2D eigenvalue weighted by Crippen LogP contribution is 2.38. The van der Waals surface area contributed by atoms with Crippen LogP contribution in [0.5, 0.6) is 0 Å². The van der Waals surface area contributed by atoms with Crippen molar-refractivity contribution >= 4 is 11.3 Å². The number of benzene rings is 1. The summed E-state index contributed by atoms with van der Waals surface area (Å²) in [5, 5.41) is 3.37. The third-order valence-corrected chi connectivity index (χ3v) is 5.98. The molecule has 0 unspecified atom stereocenters. The van der Waals surface area contributed by atoms with Gasteiger partial charge >= 0.3 is 6.18 Å². The zero-order valence-corrected chi connectivity index (χ0v) is 15.5. The summed E-state index contributed by atoms with van der Waals surface area (Å²) in [6, 6.07) is 7.89. The third kappa shape index (κ3) is 4.85. The molecule has 1 N–H and O–H groups in total. The highest BCUT2D eigenvalue weighted by molar-refractivity contribution is 7.12. The van der Waals surface area contributed by atoms with Crippen LogP contribution in [-0.2, 0) is 32.0 Å². The van der Waals surface area contributed by atoms with Crippen LogP contribution in [-0.4, -0.2) is 6.54 Å². The molecule has 1 aliphatic carbocycles. The van der Waals surface area contributed by atoms with Gasteiger partial charge in [-0.3, -0.25) is 0 Å². The zero-order valence-electron chi connectivity index (χ0n) is 14.7. The second-order valence-corrected chi connectivity index (χ2v) is 8.85. The summed E-state index contributed by atoms with van der Waals surface area (Å²) >= 11 is 1.88. The van der Waals surface area contributed by atoms with Crippen molar-refractivity contribution in [3.05, 3.63) is 56.8 Å². The van der Waals surface area contributed by atoms with Gasteiger partial charge in [-0.25, -0.2) is 0 Å². The van der Waals surface area contributed by atoms with Gasteiger partial charge in [0.2, 0.25) is 0 Å². The summed E-state index contributed by atoms with van der Waals surface area (Å²) in [5.41, 5.74) is 2.03. The van der Waals surface area contributed by atoms with E-state index in [1.165, 1.54) is 33.9 Å². The van der Waals surface area contributed by atoms with E-state index < -0.39 is 11.7 Å². The van der Waals surface area contributed by atoms with Crippen molar-refractivity contribution in [2.24, 2.45) is 5.41 Å². The molecule has 0 radical (unpaired) electrons. The van der Waals surface area contributed by atoms with Gasteiger partial charge in [0, 0.05) is 16.3 Å². The van der Waals surface area contributed by atoms with Crippen LogP contribution in [0.15, 0.2) is 30.3 Å². The van der Waals surface area contributed by atoms with Crippen LogP contribution in [0.4, 0.5) is 13.2 Å². The SMILES string of the molecule is CC1(C)CCc2cc(CNCCc3cccc(C(F)(F)F)c3)sc2C1. The lowest BCUT2D eigenvalue weighted by Gasteiger charge is -2.28. The molecule has 0 bridgehead atoms. The van der Waals surface area contributed by atoms with Gasteiger partial charge < -0.3 is 5.32 Å². The Morgan fingerprint density at radius 3 is 2.76 bits per heavy atom. The van der Waals surface area contributed by atoms with Gasteiger partial charge in [-0.05, 0) is 60.9 Å². The molecule has 1 aromatic carbocycles. The Labute approximate surface area is 151 Å². The molecule has 0 spiro atoms. The van der Waals surface area contributed by atoms with Crippen molar-refractivity contribution in [3.8, 4) is 0 Å². The number of aryl methyl sites for hydroxylation is 1. The molecule has 1 nitrogen and oxygen atoms in total. The van der Waals surface area contributed by atoms with Gasteiger partial charge in [0.25, 0.3) is 0 Å². The molecule has 0 amide bonds. The van der Waals surface area contributed by atoms with E-state index >= 15 is 0 Å². The van der Waals surface area contributed by atoms with Crippen LogP contribution < -0.4 is 5.32 Å². The van der Waals surface area contributed by atoms with Crippen molar-refractivity contribution in [2.45, 2.75) is 52.3 Å². The van der Waals surface area contributed by atoms with E-state index in [0.29, 0.717) is 18.4 Å². The van der Waals surface area contributed by atoms with Crippen molar-refractivity contribution in [3.63, 3.8) is 0 Å². The van der Waals surface area contributed by atoms with Gasteiger partial charge in [0.1, 0.15) is 0 Å². The van der Waals surface area contributed by atoms with E-state index in [4.69, 9.17) is 0 Å². The van der Waals surface area contributed by atoms with Crippen molar-refractivity contribution in [1.29, 1.82) is 0 Å². The Morgan fingerprint density at radius 1 is 1.20 bits per heavy atom. The fraction of sp³-hybridized carbons (Fsp3) is 0.500. The second-order valence-electron chi connectivity index (χ2n) is 7.63. The van der Waals surface area contributed by atoms with E-state index in [0.717, 1.165) is 31.0 Å². The average Bonchev–Trinajstić information content (AvgIpc) is 2.91. The maximum Gasteiger partial charge on any atom is 0.416 e. The summed E-state index contributed by atoms with van der Waals surface area (Å²) in [7, 11) is 0. The van der Waals surface area contributed by atoms with Gasteiger partial charge in [-0.2, -0.15) is 13.2 Å². The number of hydrogen-bond acceptors (Lipinski definition) is 2. The fourth-order valence-electron chi connectivity index (χ4n) is 3.32. The lowest BCUT2D eigenvalue weighted by molar-refractivity contribution is -0.137. The summed E-state index contributed by atoms with van der Waals surface area (Å²) in [6.07, 6.45) is -0.130. The first-order valence-corrected chi connectivity index (χ1v) is 9.52. The fourth-order valence-corrected chi connectivity index (χ4v) is 4.77.